The van der Waals surface area contributed by atoms with E-state index in [-0.39, 0.29) is 0 Å². The molecule has 138 heavy (non-hydrogen) atoms. The molecule has 0 unspecified atom stereocenters. The van der Waals surface area contributed by atoms with Crippen molar-refractivity contribution in [1.82, 2.24) is 29.9 Å². The van der Waals surface area contributed by atoms with Crippen LogP contribution in [-0.2, 0) is 0 Å². The molecule has 28 rings (SSSR count). The van der Waals surface area contributed by atoms with Gasteiger partial charge in [0.1, 0.15) is 0 Å². The van der Waals surface area contributed by atoms with E-state index >= 15 is 0 Å². The molecular weight excluding hydrogens is 1730 g/mol. The van der Waals surface area contributed by atoms with Crippen LogP contribution in [0.15, 0.2) is 443 Å². The summed E-state index contributed by atoms with van der Waals surface area (Å²) in [4.78, 5) is 30.5. The van der Waals surface area contributed by atoms with E-state index < -0.39 is 0 Å². The average molecular weight is 1810 g/mol. The average Bonchev–Trinajstić information content (AvgIpc) is 1.20. The van der Waals surface area contributed by atoms with Gasteiger partial charge in [0.15, 0.2) is 0 Å². The fraction of sp³-hybridized carbons (Fsp3) is 0.0233. The number of hydrogen-bond acceptors (Lipinski definition) is 9. The Morgan fingerprint density at radius 1 is 0.167 bits per heavy atom. The van der Waals surface area contributed by atoms with Gasteiger partial charge in [0, 0.05) is 115 Å². The summed E-state index contributed by atoms with van der Waals surface area (Å²) in [6, 6.07) is 153. The maximum absolute atomic E-state index is 5.24. The number of benzene rings is 22. The molecule has 6 aromatic heterocycles. The van der Waals surface area contributed by atoms with E-state index in [9.17, 15) is 0 Å². The predicted molar refractivity (Wildman–Crippen MR) is 591 cm³/mol. The molecule has 0 aliphatic rings. The van der Waals surface area contributed by atoms with Crippen molar-refractivity contribution in [2.45, 2.75) is 20.8 Å². The molecule has 22 aromatic carbocycles. The van der Waals surface area contributed by atoms with Crippen LogP contribution in [0.1, 0.15) is 16.7 Å². The summed E-state index contributed by atoms with van der Waals surface area (Å²) in [6.45, 7) is 6.62. The number of rotatable bonds is 10. The third kappa shape index (κ3) is 14.4. The van der Waals surface area contributed by atoms with E-state index in [1.165, 1.54) is 187 Å². The lowest BCUT2D eigenvalue weighted by molar-refractivity contribution is 1.31. The van der Waals surface area contributed by atoms with E-state index in [4.69, 9.17) is 29.9 Å². The molecular formula is C129H82N6S3. The molecule has 0 spiro atoms. The van der Waals surface area contributed by atoms with Crippen LogP contribution < -0.4 is 0 Å². The molecule has 0 bridgehead atoms. The highest BCUT2D eigenvalue weighted by Gasteiger charge is 2.23. The zero-order chi connectivity index (χ0) is 91.6. The van der Waals surface area contributed by atoms with E-state index in [2.05, 4.69) is 445 Å². The van der Waals surface area contributed by atoms with Gasteiger partial charge < -0.3 is 0 Å². The molecule has 0 saturated carbocycles. The molecule has 0 aliphatic carbocycles. The zero-order valence-electron chi connectivity index (χ0n) is 75.6. The Labute approximate surface area is 808 Å². The number of thiophene rings is 3. The smallest absolute Gasteiger partial charge is 0.0979 e. The molecule has 646 valence electrons. The third-order valence-electron chi connectivity index (χ3n) is 27.6. The van der Waals surface area contributed by atoms with Gasteiger partial charge in [0.2, 0.25) is 0 Å². The minimum absolute atomic E-state index is 0.872. The highest BCUT2D eigenvalue weighted by molar-refractivity contribution is 7.27. The fourth-order valence-corrected chi connectivity index (χ4v) is 24.6. The van der Waals surface area contributed by atoms with E-state index in [0.29, 0.717) is 0 Å². The summed E-state index contributed by atoms with van der Waals surface area (Å²) in [5.74, 6) is 0. The summed E-state index contributed by atoms with van der Waals surface area (Å²) in [5, 5.41) is 21.9. The summed E-state index contributed by atoms with van der Waals surface area (Å²) < 4.78 is 7.89. The quantitative estimate of drug-likeness (QED) is 0.127. The topological polar surface area (TPSA) is 77.3 Å². The number of aryl methyl sites for hydroxylation is 3. The normalized spacial score (nSPS) is 11.7. The zero-order valence-corrected chi connectivity index (χ0v) is 78.0. The maximum Gasteiger partial charge on any atom is 0.0979 e. The van der Waals surface area contributed by atoms with Crippen molar-refractivity contribution in [3.05, 3.63) is 460 Å². The Bertz CT molecular complexity index is 9690. The van der Waals surface area contributed by atoms with Gasteiger partial charge in [-0.25, -0.2) is 15.0 Å². The molecule has 0 saturated heterocycles. The fourth-order valence-electron chi connectivity index (χ4n) is 21.1. The minimum Gasteiger partial charge on any atom is -0.252 e. The van der Waals surface area contributed by atoms with Crippen molar-refractivity contribution in [3.8, 4) is 112 Å². The maximum atomic E-state index is 5.24. The molecule has 0 N–H and O–H groups in total. The lowest BCUT2D eigenvalue weighted by atomic mass is 9.93. The van der Waals surface area contributed by atoms with E-state index in [1.54, 1.807) is 0 Å². The summed E-state index contributed by atoms with van der Waals surface area (Å²) in [6.07, 6.45) is 5.75. The van der Waals surface area contributed by atoms with Gasteiger partial charge in [-0.05, 0) is 203 Å². The Balaban J connectivity index is 0.000000107. The molecule has 9 heteroatoms. The van der Waals surface area contributed by atoms with Crippen molar-refractivity contribution in [3.63, 3.8) is 0 Å². The highest BCUT2D eigenvalue weighted by atomic mass is 32.1. The standard InChI is InChI=1S/C46H28N2S.C43H30N2S.C40H24N2S/c1-3-12-30(13-4-1)34-20-11-21-39-41-27-33(26-40(46(41)49-45(34)39)31-14-5-2-6-15-31)29-22-24-32(25-23-29)42-28-47-43-37-18-9-7-16-35(37)36-17-8-10-19-38(36)44(43)48-42;1-25-19-26(2)41(27(3)20-25)31-16-18-40-37(23-31)36-22-29(15-17-39(36)46-40)28-9-8-10-30(21-28)38-24-44-42-34-13-6-4-11-32(34)33-12-5-7-14-35(33)43(42)45-38;1-2-8-25(9-3-1)28-18-20-37-34(22-28)35-23-29(19-21-38(35)43-37)26-14-16-27(17-15-26)36-24-41-39-32-12-6-4-10-30(32)31-11-5-7-13-33(31)40(39)42-36/h1-28H;4-24H,1-3H3;1-24H. The molecule has 6 nitrogen and oxygen atoms in total. The lowest BCUT2D eigenvalue weighted by Crippen LogP contribution is -1.92. The predicted octanol–water partition coefficient (Wildman–Crippen LogP) is 36.5. The van der Waals surface area contributed by atoms with Crippen LogP contribution in [0.2, 0.25) is 0 Å². The SMILES string of the molecule is Cc1cc(C)c(-c2ccc3sc4ccc(-c5cccc(-c6cnc7c8ccccc8c8ccccc8c7n6)c5)cc4c3c2)c(C)c1.c1ccc(-c2ccc3sc4ccc(-c5ccc(-c6cnc7c8ccccc8c8ccccc8c7n6)cc5)cc4c3c2)cc1.c1ccc(-c2cccc3c2sc2c(-c4ccccc4)cc(-c4ccc(-c5cnc6c7ccccc7c7ccccc7c6n5)cc4)cc23)cc1. The Morgan fingerprint density at radius 3 is 0.877 bits per heavy atom. The number of aromatic nitrogens is 6. The first-order valence-corrected chi connectivity index (χ1v) is 49.2. The van der Waals surface area contributed by atoms with Gasteiger partial charge in [-0.2, -0.15) is 0 Å². The first-order chi connectivity index (χ1) is 68.1. The third-order valence-corrected chi connectivity index (χ3v) is 31.2. The molecule has 0 amide bonds. The molecule has 0 aliphatic heterocycles. The summed E-state index contributed by atoms with van der Waals surface area (Å²) in [5.41, 5.74) is 32.7. The number of nitrogens with zero attached hydrogens (tertiary/aromatic N) is 6. The van der Waals surface area contributed by atoms with Crippen LogP contribution in [-0.4, -0.2) is 29.9 Å². The molecule has 28 aromatic rings. The second-order valence-electron chi connectivity index (χ2n) is 36.0. The van der Waals surface area contributed by atoms with E-state index in [1.807, 2.05) is 52.6 Å². The van der Waals surface area contributed by atoms with Crippen molar-refractivity contribution >= 4 is 192 Å². The van der Waals surface area contributed by atoms with Crippen LogP contribution in [0, 0.1) is 20.8 Å². The first kappa shape index (κ1) is 81.8. The van der Waals surface area contributed by atoms with Crippen molar-refractivity contribution in [1.29, 1.82) is 0 Å². The van der Waals surface area contributed by atoms with Gasteiger partial charge in [-0.1, -0.05) is 363 Å². The van der Waals surface area contributed by atoms with Gasteiger partial charge in [0.25, 0.3) is 0 Å². The van der Waals surface area contributed by atoms with Crippen LogP contribution in [0.3, 0.4) is 0 Å². The second kappa shape index (κ2) is 33.9. The van der Waals surface area contributed by atoms with Crippen molar-refractivity contribution in [2.24, 2.45) is 0 Å². The molecule has 6 heterocycles. The summed E-state index contributed by atoms with van der Waals surface area (Å²) in [7, 11) is 0. The number of hydrogen-bond donors (Lipinski definition) is 0. The van der Waals surface area contributed by atoms with Gasteiger partial charge in [-0.15, -0.1) is 34.0 Å². The Morgan fingerprint density at radius 2 is 0.449 bits per heavy atom. The summed E-state index contributed by atoms with van der Waals surface area (Å²) >= 11 is 5.62. The molecule has 0 atom stereocenters. The molecule has 0 fully saturated rings. The first-order valence-electron chi connectivity index (χ1n) is 46.8. The van der Waals surface area contributed by atoms with Gasteiger partial charge in [0.05, 0.1) is 68.8 Å². The van der Waals surface area contributed by atoms with Gasteiger partial charge >= 0.3 is 0 Å². The van der Waals surface area contributed by atoms with Gasteiger partial charge in [-0.3, -0.25) is 15.0 Å². The van der Waals surface area contributed by atoms with Crippen molar-refractivity contribution in [2.75, 3.05) is 0 Å². The lowest BCUT2D eigenvalue weighted by Gasteiger charge is -2.12. The minimum atomic E-state index is 0.872. The van der Waals surface area contributed by atoms with Crippen LogP contribution in [0.25, 0.3) is 270 Å². The van der Waals surface area contributed by atoms with Crippen LogP contribution in [0.4, 0.5) is 0 Å². The Hall–Kier alpha value is -16.9. The number of fused-ring (bicyclic) bond motifs is 27. The monoisotopic (exact) mass is 1810 g/mol. The molecule has 0 radical (unpaired) electrons. The Kier molecular flexibility index (Phi) is 20.1. The second-order valence-corrected chi connectivity index (χ2v) is 39.2. The highest BCUT2D eigenvalue weighted by Crippen LogP contribution is 2.49. The largest absolute Gasteiger partial charge is 0.252 e. The van der Waals surface area contributed by atoms with E-state index in [0.717, 1.165) is 99.2 Å². The van der Waals surface area contributed by atoms with Crippen LogP contribution in [0.5, 0.6) is 0 Å². The van der Waals surface area contributed by atoms with Crippen LogP contribution >= 0.6 is 34.0 Å². The van der Waals surface area contributed by atoms with Crippen molar-refractivity contribution < 1.29 is 0 Å².